The summed E-state index contributed by atoms with van der Waals surface area (Å²) < 4.78 is 11.3. The smallest absolute Gasteiger partial charge is 0.255 e. The third-order valence-corrected chi connectivity index (χ3v) is 10.4. The largest absolute Gasteiger partial charge is 0.511 e. The molecule has 4 atom stereocenters. The van der Waals surface area contributed by atoms with Crippen molar-refractivity contribution in [1.82, 2.24) is 5.32 Å². The molecule has 2 aromatic carbocycles. The number of ether oxygens (including phenoxy) is 2. The Kier molecular flexibility index (Phi) is 6.76. The number of ketones is 2. The normalized spacial score (nSPS) is 29.0. The molecule has 7 N–H and O–H groups in total. The van der Waals surface area contributed by atoms with Gasteiger partial charge >= 0.3 is 0 Å². The van der Waals surface area contributed by atoms with Gasteiger partial charge in [0.15, 0.2) is 11.4 Å². The number of carbonyl (C=O) groups is 3. The zero-order chi connectivity index (χ0) is 31.1. The summed E-state index contributed by atoms with van der Waals surface area (Å²) >= 11 is 0. The molecular formula is C33H36N2O9. The second-order valence-corrected chi connectivity index (χ2v) is 12.8. The highest BCUT2D eigenvalue weighted by Crippen LogP contribution is 2.57. The maximum absolute atomic E-state index is 14.3. The lowest BCUT2D eigenvalue weighted by Gasteiger charge is -2.51. The number of aliphatic hydroxyl groups is 3. The van der Waals surface area contributed by atoms with Gasteiger partial charge in [0.25, 0.3) is 5.91 Å². The number of allylic oxidation sites excluding steroid dienone is 2. The fourth-order valence-electron chi connectivity index (χ4n) is 8.11. The summed E-state index contributed by atoms with van der Waals surface area (Å²) in [5.41, 5.74) is 3.23. The molecule has 0 aromatic heterocycles. The van der Waals surface area contributed by atoms with Crippen LogP contribution in [0, 0.1) is 23.7 Å². The van der Waals surface area contributed by atoms with E-state index in [1.165, 1.54) is 7.11 Å². The zero-order valence-electron chi connectivity index (χ0n) is 24.4. The molecule has 1 heterocycles. The molecule has 0 unspecified atom stereocenters. The quantitative estimate of drug-likeness (QED) is 0.268. The number of phenols is 1. The molecule has 11 nitrogen and oxygen atoms in total. The predicted octanol–water partition coefficient (Wildman–Crippen LogP) is 2.65. The molecule has 0 radical (unpaired) electrons. The number of aromatic hydroxyl groups is 1. The van der Waals surface area contributed by atoms with Crippen molar-refractivity contribution in [3.05, 3.63) is 57.6 Å². The van der Waals surface area contributed by atoms with E-state index in [0.717, 1.165) is 18.4 Å². The van der Waals surface area contributed by atoms with Crippen molar-refractivity contribution in [3.63, 3.8) is 0 Å². The number of primary amides is 1. The van der Waals surface area contributed by atoms with Gasteiger partial charge in [0.1, 0.15) is 28.6 Å². The van der Waals surface area contributed by atoms with Crippen LogP contribution >= 0.6 is 0 Å². The lowest BCUT2D eigenvalue weighted by Crippen LogP contribution is -2.61. The number of amides is 1. The van der Waals surface area contributed by atoms with E-state index in [-0.39, 0.29) is 35.6 Å². The molecule has 0 bridgehead atoms. The van der Waals surface area contributed by atoms with Crippen molar-refractivity contribution in [2.75, 3.05) is 20.3 Å². The number of aliphatic hydroxyl groups excluding tert-OH is 2. The molecule has 4 aliphatic carbocycles. The van der Waals surface area contributed by atoms with Crippen LogP contribution in [0.1, 0.15) is 53.6 Å². The molecule has 0 spiro atoms. The van der Waals surface area contributed by atoms with E-state index in [1.807, 2.05) is 12.1 Å². The molecule has 1 amide bonds. The molecular weight excluding hydrogens is 568 g/mol. The molecule has 7 rings (SSSR count). The van der Waals surface area contributed by atoms with Crippen LogP contribution in [0.3, 0.4) is 0 Å². The van der Waals surface area contributed by atoms with Crippen LogP contribution in [0.2, 0.25) is 0 Å². The van der Waals surface area contributed by atoms with Crippen molar-refractivity contribution in [1.29, 1.82) is 0 Å². The van der Waals surface area contributed by atoms with Gasteiger partial charge in [0.05, 0.1) is 12.7 Å². The summed E-state index contributed by atoms with van der Waals surface area (Å²) in [7, 11) is 1.50. The minimum Gasteiger partial charge on any atom is -0.511 e. The van der Waals surface area contributed by atoms with Gasteiger partial charge in [-0.2, -0.15) is 0 Å². The van der Waals surface area contributed by atoms with Crippen LogP contribution < -0.4 is 15.8 Å². The minimum atomic E-state index is -2.66. The Morgan fingerprint density at radius 1 is 1.11 bits per heavy atom. The maximum Gasteiger partial charge on any atom is 0.255 e. The molecule has 44 heavy (non-hydrogen) atoms. The van der Waals surface area contributed by atoms with E-state index >= 15 is 0 Å². The number of rotatable bonds is 6. The first-order chi connectivity index (χ1) is 21.1. The number of hydrogen-bond donors (Lipinski definition) is 6. The molecule has 11 heteroatoms. The summed E-state index contributed by atoms with van der Waals surface area (Å²) in [6.07, 6.45) is 3.46. The van der Waals surface area contributed by atoms with E-state index in [4.69, 9.17) is 15.2 Å². The van der Waals surface area contributed by atoms with Gasteiger partial charge < -0.3 is 41.0 Å². The highest BCUT2D eigenvalue weighted by atomic mass is 16.5. The Labute approximate surface area is 253 Å². The fraction of sp³-hybridized carbons (Fsp3) is 0.485. The number of carbonyl (C=O) groups excluding carboxylic acids is 3. The van der Waals surface area contributed by atoms with Gasteiger partial charge in [-0.05, 0) is 62.0 Å². The van der Waals surface area contributed by atoms with Gasteiger partial charge in [0.2, 0.25) is 5.78 Å². The standard InChI is InChI=1S/C33H36N2O9/c1-43-29-18-5-2-14(13-35-17-3-4-17)10-19(18)26(36)24-20(29)11-16-12-21-22(15-6-8-44-9-7-15)27(37)25(32(34)41)31(40)33(21,42)30(39)23(16)28(24)38/h2,5,10,15-17,21-22,35-37,39,42H,3-4,6-9,11-13H2,1H3,(H2,34,41)/t16-,21-,22-,33-/m0/s1. The van der Waals surface area contributed by atoms with Crippen LogP contribution in [0.5, 0.6) is 11.5 Å². The number of hydrogen-bond acceptors (Lipinski definition) is 10. The van der Waals surface area contributed by atoms with Crippen LogP contribution in [-0.2, 0) is 27.3 Å². The Hall–Kier alpha value is -3.93. The van der Waals surface area contributed by atoms with Gasteiger partial charge in [0, 0.05) is 59.5 Å². The summed E-state index contributed by atoms with van der Waals surface area (Å²) in [6.45, 7) is 1.38. The number of phenolic OH excluding ortho intramolecular Hbond substituents is 1. The van der Waals surface area contributed by atoms with Crippen molar-refractivity contribution < 1.29 is 44.3 Å². The number of nitrogens with one attached hydrogen (secondary N) is 1. The molecule has 1 saturated carbocycles. The molecule has 2 fully saturated rings. The first kappa shape index (κ1) is 28.8. The van der Waals surface area contributed by atoms with Gasteiger partial charge in [-0.1, -0.05) is 12.1 Å². The highest BCUT2D eigenvalue weighted by molar-refractivity contribution is 6.25. The van der Waals surface area contributed by atoms with Crippen LogP contribution in [0.25, 0.3) is 10.8 Å². The number of fused-ring (bicyclic) bond motifs is 4. The van der Waals surface area contributed by atoms with Gasteiger partial charge in [-0.3, -0.25) is 14.4 Å². The van der Waals surface area contributed by atoms with E-state index in [9.17, 15) is 34.8 Å². The average molecular weight is 605 g/mol. The van der Waals surface area contributed by atoms with Crippen molar-refractivity contribution >= 4 is 28.2 Å². The summed E-state index contributed by atoms with van der Waals surface area (Å²) in [5.74, 6) is -7.21. The number of methoxy groups -OCH3 is 1. The second-order valence-electron chi connectivity index (χ2n) is 12.8. The minimum absolute atomic E-state index is 0.0542. The molecule has 5 aliphatic rings. The Morgan fingerprint density at radius 2 is 1.84 bits per heavy atom. The summed E-state index contributed by atoms with van der Waals surface area (Å²) in [5, 5.41) is 51.1. The Bertz CT molecular complexity index is 1680. The highest BCUT2D eigenvalue weighted by Gasteiger charge is 2.63. The fourth-order valence-corrected chi connectivity index (χ4v) is 8.11. The van der Waals surface area contributed by atoms with Gasteiger partial charge in [-0.15, -0.1) is 0 Å². The Morgan fingerprint density at radius 3 is 2.50 bits per heavy atom. The monoisotopic (exact) mass is 604 g/mol. The second kappa shape index (κ2) is 10.3. The number of Topliss-reactive ketones (excluding diaryl/α,β-unsaturated/α-hetero) is 2. The zero-order valence-corrected chi connectivity index (χ0v) is 24.4. The van der Waals surface area contributed by atoms with Crippen LogP contribution in [0.4, 0.5) is 0 Å². The van der Waals surface area contributed by atoms with E-state index in [0.29, 0.717) is 60.7 Å². The van der Waals surface area contributed by atoms with E-state index in [2.05, 4.69) is 5.32 Å². The molecule has 1 aliphatic heterocycles. The SMILES string of the molecule is COc1c2c(c(O)c3cc(CNC4CC4)ccc13)C(=O)C1=C(O)[C@]3(O)C(=O)C(C(N)=O)=C(O)[C@@H](C4CCOCC4)[C@@H]3C[C@@H]1C2. The van der Waals surface area contributed by atoms with Crippen LogP contribution in [0.15, 0.2) is 40.9 Å². The number of nitrogens with two attached hydrogens (primary N) is 1. The van der Waals surface area contributed by atoms with Gasteiger partial charge in [-0.25, -0.2) is 0 Å². The third-order valence-electron chi connectivity index (χ3n) is 10.4. The summed E-state index contributed by atoms with van der Waals surface area (Å²) in [6, 6.07) is 6.09. The molecule has 2 aromatic rings. The third kappa shape index (κ3) is 4.09. The van der Waals surface area contributed by atoms with E-state index in [1.54, 1.807) is 6.07 Å². The first-order valence-corrected chi connectivity index (χ1v) is 15.2. The number of benzene rings is 2. The summed E-state index contributed by atoms with van der Waals surface area (Å²) in [4.78, 5) is 40.4. The maximum atomic E-state index is 14.3. The first-order valence-electron chi connectivity index (χ1n) is 15.2. The lowest BCUT2D eigenvalue weighted by atomic mass is 9.54. The Balaban J connectivity index is 1.38. The van der Waals surface area contributed by atoms with Crippen LogP contribution in [-0.4, -0.2) is 69.9 Å². The topological polar surface area (TPSA) is 189 Å². The van der Waals surface area contributed by atoms with E-state index < -0.39 is 57.9 Å². The molecule has 232 valence electrons. The predicted molar refractivity (Wildman–Crippen MR) is 157 cm³/mol. The average Bonchev–Trinajstić information content (AvgIpc) is 3.83. The van der Waals surface area contributed by atoms with Crippen molar-refractivity contribution in [3.8, 4) is 11.5 Å². The lowest BCUT2D eigenvalue weighted by molar-refractivity contribution is -0.151. The van der Waals surface area contributed by atoms with Crippen molar-refractivity contribution in [2.45, 2.75) is 56.7 Å². The van der Waals surface area contributed by atoms with Crippen molar-refractivity contribution in [2.24, 2.45) is 29.4 Å². The molecule has 1 saturated heterocycles.